The maximum absolute atomic E-state index is 12.0. The normalized spacial score (nSPS) is 13.3. The van der Waals surface area contributed by atoms with Crippen molar-refractivity contribution in [3.05, 3.63) is 35.9 Å². The number of sulfonamides is 1. The fourth-order valence-electron chi connectivity index (χ4n) is 2.35. The first kappa shape index (κ1) is 25.1. The van der Waals surface area contributed by atoms with Crippen LogP contribution in [0.25, 0.3) is 0 Å². The molecule has 1 aromatic rings. The van der Waals surface area contributed by atoms with Crippen molar-refractivity contribution in [1.82, 2.24) is 10.0 Å². The zero-order chi connectivity index (χ0) is 18.7. The van der Waals surface area contributed by atoms with Gasteiger partial charge >= 0.3 is 0 Å². The van der Waals surface area contributed by atoms with Crippen molar-refractivity contribution in [3.8, 4) is 0 Å². The van der Waals surface area contributed by atoms with Crippen molar-refractivity contribution in [3.63, 3.8) is 0 Å². The fourth-order valence-corrected chi connectivity index (χ4v) is 3.21. The minimum absolute atomic E-state index is 0. The zero-order valence-electron chi connectivity index (χ0n) is 15.9. The number of nitrogens with two attached hydrogens (primary N) is 1. The van der Waals surface area contributed by atoms with E-state index < -0.39 is 10.0 Å². The van der Waals surface area contributed by atoms with Crippen molar-refractivity contribution in [2.24, 2.45) is 16.6 Å². The predicted molar refractivity (Wildman–Crippen MR) is 120 cm³/mol. The summed E-state index contributed by atoms with van der Waals surface area (Å²) in [5, 5.41) is 3.11. The van der Waals surface area contributed by atoms with Gasteiger partial charge in [0.1, 0.15) is 0 Å². The molecule has 0 saturated heterocycles. The minimum atomic E-state index is -3.37. The Morgan fingerprint density at radius 3 is 2.42 bits per heavy atom. The molecule has 0 aliphatic rings. The second kappa shape index (κ2) is 13.3. The standard InChI is InChI=1S/C18H32N4O2S.HI/c1-15(2)8-7-9-16(3)22-18(19)20-12-13-25(23,24)21-14-17-10-5-4-6-11-17;/h4-6,10-11,15-16,21H,7-9,12-14H2,1-3H3,(H3,19,20,22);1H. The Kier molecular flexibility index (Phi) is 12.9. The van der Waals surface area contributed by atoms with Crippen LogP contribution in [0.15, 0.2) is 35.3 Å². The van der Waals surface area contributed by atoms with Gasteiger partial charge in [0.15, 0.2) is 5.96 Å². The van der Waals surface area contributed by atoms with Gasteiger partial charge in [-0.25, -0.2) is 13.1 Å². The van der Waals surface area contributed by atoms with Crippen LogP contribution < -0.4 is 15.8 Å². The van der Waals surface area contributed by atoms with Crippen LogP contribution in [0.1, 0.15) is 45.6 Å². The van der Waals surface area contributed by atoms with Crippen molar-refractivity contribution in [2.45, 2.75) is 52.6 Å². The van der Waals surface area contributed by atoms with Gasteiger partial charge in [-0.2, -0.15) is 0 Å². The summed E-state index contributed by atoms with van der Waals surface area (Å²) in [6.45, 7) is 6.90. The molecule has 0 bridgehead atoms. The highest BCUT2D eigenvalue weighted by atomic mass is 127. The van der Waals surface area contributed by atoms with E-state index in [0.717, 1.165) is 18.4 Å². The van der Waals surface area contributed by atoms with Crippen LogP contribution in [-0.4, -0.2) is 32.7 Å². The Labute approximate surface area is 175 Å². The summed E-state index contributed by atoms with van der Waals surface area (Å²) in [7, 11) is -3.37. The largest absolute Gasteiger partial charge is 0.370 e. The third kappa shape index (κ3) is 12.5. The van der Waals surface area contributed by atoms with E-state index in [1.54, 1.807) is 0 Å². The van der Waals surface area contributed by atoms with Gasteiger partial charge in [0, 0.05) is 12.6 Å². The Hall–Kier alpha value is -0.870. The highest BCUT2D eigenvalue weighted by Gasteiger charge is 2.10. The zero-order valence-corrected chi connectivity index (χ0v) is 19.1. The maximum Gasteiger partial charge on any atom is 0.213 e. The molecule has 0 radical (unpaired) electrons. The van der Waals surface area contributed by atoms with E-state index in [1.807, 2.05) is 30.3 Å². The quantitative estimate of drug-likeness (QED) is 0.249. The lowest BCUT2D eigenvalue weighted by Gasteiger charge is -2.15. The van der Waals surface area contributed by atoms with Gasteiger partial charge in [-0.05, 0) is 24.8 Å². The van der Waals surface area contributed by atoms with Gasteiger partial charge in [0.2, 0.25) is 10.0 Å². The van der Waals surface area contributed by atoms with Crippen LogP contribution in [0, 0.1) is 5.92 Å². The summed E-state index contributed by atoms with van der Waals surface area (Å²) in [6, 6.07) is 9.64. The molecular weight excluding hydrogens is 463 g/mol. The summed E-state index contributed by atoms with van der Waals surface area (Å²) in [6.07, 6.45) is 3.34. The average Bonchev–Trinajstić information content (AvgIpc) is 2.53. The lowest BCUT2D eigenvalue weighted by molar-refractivity contribution is 0.493. The van der Waals surface area contributed by atoms with Gasteiger partial charge in [-0.15, -0.1) is 24.0 Å². The van der Waals surface area contributed by atoms with E-state index in [4.69, 9.17) is 5.73 Å². The van der Waals surface area contributed by atoms with E-state index in [1.165, 1.54) is 6.42 Å². The van der Waals surface area contributed by atoms with Crippen molar-refractivity contribution in [1.29, 1.82) is 0 Å². The van der Waals surface area contributed by atoms with Crippen molar-refractivity contribution in [2.75, 3.05) is 12.3 Å². The number of rotatable bonds is 11. The van der Waals surface area contributed by atoms with Gasteiger partial charge < -0.3 is 11.1 Å². The van der Waals surface area contributed by atoms with E-state index >= 15 is 0 Å². The number of guanidine groups is 1. The summed E-state index contributed by atoms with van der Waals surface area (Å²) >= 11 is 0. The van der Waals surface area contributed by atoms with E-state index in [9.17, 15) is 8.42 Å². The predicted octanol–water partition coefficient (Wildman–Crippen LogP) is 2.84. The molecule has 1 unspecified atom stereocenters. The molecule has 0 amide bonds. The molecule has 26 heavy (non-hydrogen) atoms. The molecule has 0 aliphatic heterocycles. The number of hydrogen-bond donors (Lipinski definition) is 3. The number of hydrogen-bond acceptors (Lipinski definition) is 3. The van der Waals surface area contributed by atoms with Gasteiger partial charge in [-0.1, -0.05) is 57.0 Å². The third-order valence-corrected chi connectivity index (χ3v) is 5.10. The molecule has 4 N–H and O–H groups in total. The SMILES string of the molecule is CC(C)CCCC(C)NC(N)=NCCS(=O)(=O)NCc1ccccc1.I. The molecule has 1 atom stereocenters. The van der Waals surface area contributed by atoms with Gasteiger partial charge in [-0.3, -0.25) is 4.99 Å². The first-order chi connectivity index (χ1) is 11.8. The van der Waals surface area contributed by atoms with Crippen LogP contribution in [0.3, 0.4) is 0 Å². The first-order valence-electron chi connectivity index (χ1n) is 8.86. The molecule has 1 aromatic carbocycles. The smallest absolute Gasteiger partial charge is 0.213 e. The van der Waals surface area contributed by atoms with Crippen molar-refractivity contribution < 1.29 is 8.42 Å². The lowest BCUT2D eigenvalue weighted by Crippen LogP contribution is -2.39. The second-order valence-corrected chi connectivity index (χ2v) is 8.69. The van der Waals surface area contributed by atoms with E-state index in [-0.39, 0.29) is 48.9 Å². The molecule has 8 heteroatoms. The monoisotopic (exact) mass is 496 g/mol. The van der Waals surface area contributed by atoms with Crippen LogP contribution >= 0.6 is 24.0 Å². The second-order valence-electron chi connectivity index (χ2n) is 6.76. The van der Waals surface area contributed by atoms with Gasteiger partial charge in [0.25, 0.3) is 0 Å². The molecule has 1 rings (SSSR count). The topological polar surface area (TPSA) is 96.6 Å². The number of nitrogens with one attached hydrogen (secondary N) is 2. The van der Waals surface area contributed by atoms with Gasteiger partial charge in [0.05, 0.1) is 12.3 Å². The van der Waals surface area contributed by atoms with E-state index in [2.05, 4.69) is 35.8 Å². The Balaban J connectivity index is 0.00000625. The molecule has 6 nitrogen and oxygen atoms in total. The summed E-state index contributed by atoms with van der Waals surface area (Å²) in [5.74, 6) is 0.923. The molecule has 0 heterocycles. The first-order valence-corrected chi connectivity index (χ1v) is 10.5. The highest BCUT2D eigenvalue weighted by molar-refractivity contribution is 14.0. The van der Waals surface area contributed by atoms with Crippen LogP contribution in [0.5, 0.6) is 0 Å². The summed E-state index contributed by atoms with van der Waals surface area (Å²) in [4.78, 5) is 4.11. The summed E-state index contributed by atoms with van der Waals surface area (Å²) in [5.41, 5.74) is 6.75. The molecule has 0 fully saturated rings. The number of halogens is 1. The molecule has 0 saturated carbocycles. The molecule has 0 aliphatic carbocycles. The summed E-state index contributed by atoms with van der Waals surface area (Å²) < 4.78 is 26.5. The highest BCUT2D eigenvalue weighted by Crippen LogP contribution is 2.08. The van der Waals surface area contributed by atoms with Crippen LogP contribution in [0.4, 0.5) is 0 Å². The van der Waals surface area contributed by atoms with Crippen molar-refractivity contribution >= 4 is 40.0 Å². The number of benzene rings is 1. The van der Waals surface area contributed by atoms with E-state index in [0.29, 0.717) is 11.9 Å². The Bertz CT molecular complexity index is 621. The Morgan fingerprint density at radius 2 is 1.81 bits per heavy atom. The average molecular weight is 496 g/mol. The number of nitrogens with zero attached hydrogens (tertiary/aromatic N) is 1. The maximum atomic E-state index is 12.0. The molecule has 0 spiro atoms. The minimum Gasteiger partial charge on any atom is -0.370 e. The fraction of sp³-hybridized carbons (Fsp3) is 0.611. The van der Waals surface area contributed by atoms with Crippen LogP contribution in [-0.2, 0) is 16.6 Å². The molecule has 150 valence electrons. The van der Waals surface area contributed by atoms with Crippen LogP contribution in [0.2, 0.25) is 0 Å². The third-order valence-electron chi connectivity index (χ3n) is 3.79. The molecule has 0 aromatic heterocycles. The molecular formula is C18H33IN4O2S. The lowest BCUT2D eigenvalue weighted by atomic mass is 10.0. The number of aliphatic imine (C=N–C) groups is 1. The Morgan fingerprint density at radius 1 is 1.15 bits per heavy atom.